The minimum atomic E-state index is -1.04. The van der Waals surface area contributed by atoms with Crippen molar-refractivity contribution in [3.63, 3.8) is 0 Å². The lowest BCUT2D eigenvalue weighted by Crippen LogP contribution is -2.56. The molecule has 0 saturated heterocycles. The van der Waals surface area contributed by atoms with E-state index in [9.17, 15) is 33.2 Å². The number of halogens is 2. The Hall–Kier alpha value is -5.66. The molecule has 0 saturated carbocycles. The fraction of sp³-hybridized carbons (Fsp3) is 0.415. The van der Waals surface area contributed by atoms with Gasteiger partial charge in [-0.1, -0.05) is 65.0 Å². The zero-order valence-corrected chi connectivity index (χ0v) is 32.3. The molecule has 0 spiro atoms. The zero-order valence-electron chi connectivity index (χ0n) is 32.3. The van der Waals surface area contributed by atoms with Gasteiger partial charge in [-0.25, -0.2) is 8.78 Å². The second kappa shape index (κ2) is 18.1. The number of hydrogen-bond donors (Lipinski definition) is 3. The molecule has 1 aromatic heterocycles. The summed E-state index contributed by atoms with van der Waals surface area (Å²) in [5, 5.41) is 7.95. The van der Waals surface area contributed by atoms with Gasteiger partial charge in [0.15, 0.2) is 0 Å². The molecular weight excluding hydrogens is 710 g/mol. The third-order valence-corrected chi connectivity index (χ3v) is 9.28. The second-order valence-electron chi connectivity index (χ2n) is 15.1. The lowest BCUT2D eigenvalue weighted by Gasteiger charge is -2.40. The van der Waals surface area contributed by atoms with Crippen molar-refractivity contribution in [2.24, 2.45) is 11.3 Å². The molecule has 0 radical (unpaired) electrons. The Bertz CT molecular complexity index is 1920. The first kappa shape index (κ1) is 42.1. The molecule has 6 amide bonds. The van der Waals surface area contributed by atoms with Crippen LogP contribution in [0.5, 0.6) is 0 Å². The third kappa shape index (κ3) is 11.0. The topological polar surface area (TPSA) is 150 Å². The van der Waals surface area contributed by atoms with Crippen molar-refractivity contribution in [3.8, 4) is 11.1 Å². The SMILES string of the molecule is CC(=O)N(CCCNC(=O)C(C)NC(=O)C(NC(=O)CN1C(=O)C=CC1=O)C(C)C)C(c1cc(-c2cc(F)ccc2F)cn1Cc1ccccc1)C(C)(C)C. The highest BCUT2D eigenvalue weighted by atomic mass is 19.1. The van der Waals surface area contributed by atoms with Crippen molar-refractivity contribution in [3.05, 3.63) is 95.8 Å². The molecule has 4 rings (SSSR count). The number of benzene rings is 2. The van der Waals surface area contributed by atoms with Gasteiger partial charge in [0.2, 0.25) is 23.6 Å². The third-order valence-electron chi connectivity index (χ3n) is 9.28. The second-order valence-corrected chi connectivity index (χ2v) is 15.1. The number of nitrogens with zero attached hydrogens (tertiary/aromatic N) is 3. The van der Waals surface area contributed by atoms with Gasteiger partial charge in [0.1, 0.15) is 30.3 Å². The van der Waals surface area contributed by atoms with Crippen molar-refractivity contribution in [1.82, 2.24) is 30.3 Å². The summed E-state index contributed by atoms with van der Waals surface area (Å²) in [5.41, 5.74) is 1.77. The molecule has 2 aromatic carbocycles. The summed E-state index contributed by atoms with van der Waals surface area (Å²) < 4.78 is 31.3. The van der Waals surface area contributed by atoms with Crippen molar-refractivity contribution in [2.75, 3.05) is 19.6 Å². The van der Waals surface area contributed by atoms with E-state index in [-0.39, 0.29) is 30.5 Å². The Kier molecular flexibility index (Phi) is 13.9. The van der Waals surface area contributed by atoms with Crippen LogP contribution in [-0.4, -0.2) is 81.5 Å². The summed E-state index contributed by atoms with van der Waals surface area (Å²) in [4.78, 5) is 78.2. The van der Waals surface area contributed by atoms with Crippen molar-refractivity contribution in [2.45, 2.75) is 79.6 Å². The highest BCUT2D eigenvalue weighted by molar-refractivity contribution is 6.14. The minimum Gasteiger partial charge on any atom is -0.354 e. The molecule has 1 aliphatic heterocycles. The molecule has 3 unspecified atom stereocenters. The van der Waals surface area contributed by atoms with Crippen LogP contribution in [-0.2, 0) is 35.3 Å². The number of imide groups is 1. The Labute approximate surface area is 320 Å². The molecule has 3 aromatic rings. The Balaban J connectivity index is 1.44. The van der Waals surface area contributed by atoms with Gasteiger partial charge in [-0.3, -0.25) is 33.7 Å². The van der Waals surface area contributed by atoms with E-state index in [0.717, 1.165) is 46.5 Å². The van der Waals surface area contributed by atoms with Crippen LogP contribution in [0.15, 0.2) is 72.9 Å². The molecule has 0 fully saturated rings. The first-order valence-electron chi connectivity index (χ1n) is 18.2. The van der Waals surface area contributed by atoms with E-state index in [4.69, 9.17) is 0 Å². The van der Waals surface area contributed by atoms with Crippen molar-refractivity contribution >= 4 is 35.4 Å². The number of carbonyl (C=O) groups is 6. The van der Waals surface area contributed by atoms with Gasteiger partial charge in [-0.2, -0.15) is 0 Å². The van der Waals surface area contributed by atoms with E-state index in [0.29, 0.717) is 18.5 Å². The average molecular weight is 761 g/mol. The quantitative estimate of drug-likeness (QED) is 0.145. The van der Waals surface area contributed by atoms with Gasteiger partial charge >= 0.3 is 0 Å². The largest absolute Gasteiger partial charge is 0.354 e. The number of carbonyl (C=O) groups excluding carboxylic acids is 6. The maximum Gasteiger partial charge on any atom is 0.254 e. The van der Waals surface area contributed by atoms with Crippen LogP contribution in [0.1, 0.15) is 72.2 Å². The van der Waals surface area contributed by atoms with E-state index in [1.165, 1.54) is 13.8 Å². The highest BCUT2D eigenvalue weighted by Gasteiger charge is 2.36. The predicted octanol–water partition coefficient (Wildman–Crippen LogP) is 4.49. The van der Waals surface area contributed by atoms with E-state index in [2.05, 4.69) is 16.0 Å². The summed E-state index contributed by atoms with van der Waals surface area (Å²) in [7, 11) is 0. The molecule has 0 aliphatic carbocycles. The molecule has 12 nitrogen and oxygen atoms in total. The lowest BCUT2D eigenvalue weighted by atomic mass is 9.83. The van der Waals surface area contributed by atoms with Gasteiger partial charge in [0.05, 0.1) is 6.04 Å². The number of nitrogens with one attached hydrogen (secondary N) is 3. The molecule has 3 N–H and O–H groups in total. The van der Waals surface area contributed by atoms with Crippen LogP contribution in [0.2, 0.25) is 0 Å². The molecule has 3 atom stereocenters. The van der Waals surface area contributed by atoms with Crippen LogP contribution in [0.3, 0.4) is 0 Å². The van der Waals surface area contributed by atoms with Crippen LogP contribution in [0.25, 0.3) is 11.1 Å². The van der Waals surface area contributed by atoms with Gasteiger partial charge < -0.3 is 25.4 Å². The Morgan fingerprint density at radius 3 is 2.13 bits per heavy atom. The molecule has 294 valence electrons. The normalized spacial score (nSPS) is 14.5. The standard InChI is InChI=1S/C41H50F2N6O6/c1-25(2)37(46-34(51)24-49-35(52)16-17-36(49)53)40(55)45-26(3)39(54)44-18-11-19-48(27(4)50)38(41(5,6)7)33-20-29(31-21-30(42)14-15-32(31)43)23-47(33)22-28-12-9-8-10-13-28/h8-10,12-17,20-21,23,25-26,37-38H,11,18-19,22,24H2,1-7H3,(H,44,54)(H,45,55)(H,46,51). The first-order chi connectivity index (χ1) is 25.9. The molecule has 14 heteroatoms. The molecular formula is C41H50F2N6O6. The maximum atomic E-state index is 15.0. The smallest absolute Gasteiger partial charge is 0.254 e. The fourth-order valence-corrected chi connectivity index (χ4v) is 6.55. The number of aromatic nitrogens is 1. The van der Waals surface area contributed by atoms with Crippen molar-refractivity contribution < 1.29 is 37.5 Å². The van der Waals surface area contributed by atoms with Crippen LogP contribution in [0.4, 0.5) is 8.78 Å². The van der Waals surface area contributed by atoms with E-state index in [1.807, 2.05) is 55.7 Å². The van der Waals surface area contributed by atoms with E-state index < -0.39 is 71.3 Å². The maximum absolute atomic E-state index is 15.0. The summed E-state index contributed by atoms with van der Waals surface area (Å²) in [6.45, 7) is 12.6. The summed E-state index contributed by atoms with van der Waals surface area (Å²) in [5.74, 6) is -4.79. The van der Waals surface area contributed by atoms with Gasteiger partial charge in [-0.05, 0) is 54.5 Å². The van der Waals surface area contributed by atoms with Gasteiger partial charge in [-0.15, -0.1) is 0 Å². The fourth-order valence-electron chi connectivity index (χ4n) is 6.55. The number of amides is 6. The number of rotatable bonds is 16. The molecule has 1 aliphatic rings. The monoisotopic (exact) mass is 760 g/mol. The highest BCUT2D eigenvalue weighted by Crippen LogP contribution is 2.41. The summed E-state index contributed by atoms with van der Waals surface area (Å²) >= 11 is 0. The van der Waals surface area contributed by atoms with Gasteiger partial charge in [0.25, 0.3) is 11.8 Å². The summed E-state index contributed by atoms with van der Waals surface area (Å²) in [6.07, 6.45) is 4.25. The van der Waals surface area contributed by atoms with Crippen LogP contribution < -0.4 is 16.0 Å². The van der Waals surface area contributed by atoms with E-state index in [1.54, 1.807) is 31.0 Å². The van der Waals surface area contributed by atoms with Crippen LogP contribution >= 0.6 is 0 Å². The van der Waals surface area contributed by atoms with E-state index >= 15 is 4.39 Å². The first-order valence-corrected chi connectivity index (χ1v) is 18.2. The molecule has 0 bridgehead atoms. The van der Waals surface area contributed by atoms with Crippen LogP contribution in [0, 0.1) is 23.0 Å². The number of hydrogen-bond acceptors (Lipinski definition) is 6. The zero-order chi connectivity index (χ0) is 40.6. The Morgan fingerprint density at radius 2 is 1.53 bits per heavy atom. The average Bonchev–Trinajstić information content (AvgIpc) is 3.66. The Morgan fingerprint density at radius 1 is 0.873 bits per heavy atom. The van der Waals surface area contributed by atoms with Gasteiger partial charge in [0, 0.05) is 61.7 Å². The lowest BCUT2D eigenvalue weighted by molar-refractivity contribution is -0.141. The summed E-state index contributed by atoms with van der Waals surface area (Å²) in [6, 6.07) is 12.2. The molecule has 2 heterocycles. The molecule has 55 heavy (non-hydrogen) atoms. The minimum absolute atomic E-state index is 0.105. The predicted molar refractivity (Wildman–Crippen MR) is 203 cm³/mol. The van der Waals surface area contributed by atoms with Crippen molar-refractivity contribution in [1.29, 1.82) is 0 Å².